The Kier molecular flexibility index (Phi) is 7.05. The SMILES string of the molecule is COc1cccnc1NC(=S)NCCCN1C[C@H](C)C[C@@H](C)C1. The van der Waals surface area contributed by atoms with Crippen LogP contribution >= 0.6 is 12.2 Å². The van der Waals surface area contributed by atoms with Gasteiger partial charge in [-0.25, -0.2) is 4.98 Å². The lowest BCUT2D eigenvalue weighted by molar-refractivity contribution is 0.140. The number of ether oxygens (including phenoxy) is 1. The van der Waals surface area contributed by atoms with Crippen molar-refractivity contribution >= 4 is 23.1 Å². The average Bonchev–Trinajstić information content (AvgIpc) is 2.51. The molecule has 5 nitrogen and oxygen atoms in total. The van der Waals surface area contributed by atoms with Crippen molar-refractivity contribution in [3.63, 3.8) is 0 Å². The fourth-order valence-electron chi connectivity index (χ4n) is 3.28. The second kappa shape index (κ2) is 9.03. The molecule has 6 heteroatoms. The molecular formula is C17H28N4OS. The number of anilines is 1. The highest BCUT2D eigenvalue weighted by Gasteiger charge is 2.20. The van der Waals surface area contributed by atoms with Crippen LogP contribution in [0.15, 0.2) is 18.3 Å². The predicted octanol–water partition coefficient (Wildman–Crippen LogP) is 2.74. The first kappa shape index (κ1) is 17.9. The molecule has 2 heterocycles. The number of likely N-dealkylation sites (tertiary alicyclic amines) is 1. The summed E-state index contributed by atoms with van der Waals surface area (Å²) in [6, 6.07) is 3.69. The number of methoxy groups -OCH3 is 1. The van der Waals surface area contributed by atoms with Crippen LogP contribution < -0.4 is 15.4 Å². The van der Waals surface area contributed by atoms with E-state index in [1.165, 1.54) is 19.5 Å². The molecule has 2 N–H and O–H groups in total. The predicted molar refractivity (Wildman–Crippen MR) is 99.0 cm³/mol. The highest BCUT2D eigenvalue weighted by molar-refractivity contribution is 7.80. The van der Waals surface area contributed by atoms with Crippen molar-refractivity contribution in [3.05, 3.63) is 18.3 Å². The molecule has 1 aromatic heterocycles. The van der Waals surface area contributed by atoms with Crippen LogP contribution in [0.2, 0.25) is 0 Å². The maximum absolute atomic E-state index is 5.32. The first-order valence-corrected chi connectivity index (χ1v) is 8.75. The number of piperidine rings is 1. The first-order chi connectivity index (χ1) is 11.1. The molecule has 23 heavy (non-hydrogen) atoms. The highest BCUT2D eigenvalue weighted by Crippen LogP contribution is 2.21. The van der Waals surface area contributed by atoms with Gasteiger partial charge in [0.2, 0.25) is 0 Å². The zero-order chi connectivity index (χ0) is 16.7. The van der Waals surface area contributed by atoms with Gasteiger partial charge in [0.15, 0.2) is 16.7 Å². The Morgan fingerprint density at radius 3 is 2.83 bits per heavy atom. The lowest BCUT2D eigenvalue weighted by atomic mass is 9.92. The van der Waals surface area contributed by atoms with Crippen molar-refractivity contribution in [2.24, 2.45) is 11.8 Å². The van der Waals surface area contributed by atoms with Crippen LogP contribution in [0, 0.1) is 11.8 Å². The second-order valence-electron chi connectivity index (χ2n) is 6.49. The normalized spacial score (nSPS) is 21.7. The first-order valence-electron chi connectivity index (χ1n) is 8.34. The lowest BCUT2D eigenvalue weighted by Gasteiger charge is -2.34. The van der Waals surface area contributed by atoms with E-state index in [0.717, 1.165) is 31.3 Å². The highest BCUT2D eigenvalue weighted by atomic mass is 32.1. The molecule has 0 radical (unpaired) electrons. The van der Waals surface area contributed by atoms with Gasteiger partial charge in [-0.05, 0) is 55.6 Å². The van der Waals surface area contributed by atoms with Gasteiger partial charge in [0.25, 0.3) is 0 Å². The van der Waals surface area contributed by atoms with Crippen LogP contribution in [0.3, 0.4) is 0 Å². The largest absolute Gasteiger partial charge is 0.493 e. The summed E-state index contributed by atoms with van der Waals surface area (Å²) in [7, 11) is 1.62. The number of rotatable bonds is 6. The van der Waals surface area contributed by atoms with Crippen molar-refractivity contribution in [1.29, 1.82) is 0 Å². The van der Waals surface area contributed by atoms with Gasteiger partial charge in [0.1, 0.15) is 0 Å². The Hall–Kier alpha value is -1.40. The third-order valence-electron chi connectivity index (χ3n) is 4.10. The van der Waals surface area contributed by atoms with Crippen LogP contribution in [0.4, 0.5) is 5.82 Å². The van der Waals surface area contributed by atoms with Gasteiger partial charge in [0, 0.05) is 25.8 Å². The minimum atomic E-state index is 0.586. The van der Waals surface area contributed by atoms with E-state index >= 15 is 0 Å². The molecule has 1 aliphatic heterocycles. The van der Waals surface area contributed by atoms with Crippen LogP contribution in [0.5, 0.6) is 5.75 Å². The van der Waals surface area contributed by atoms with Crippen LogP contribution in [0.1, 0.15) is 26.7 Å². The summed E-state index contributed by atoms with van der Waals surface area (Å²) in [6.07, 6.45) is 4.15. The summed E-state index contributed by atoms with van der Waals surface area (Å²) in [5, 5.41) is 6.91. The number of nitrogens with one attached hydrogen (secondary N) is 2. The molecule has 1 saturated heterocycles. The monoisotopic (exact) mass is 336 g/mol. The summed E-state index contributed by atoms with van der Waals surface area (Å²) in [4.78, 5) is 6.80. The number of hydrogen-bond acceptors (Lipinski definition) is 4. The summed E-state index contributed by atoms with van der Waals surface area (Å²) < 4.78 is 5.25. The molecule has 2 rings (SSSR count). The molecule has 2 atom stereocenters. The zero-order valence-electron chi connectivity index (χ0n) is 14.3. The molecule has 1 fully saturated rings. The number of thiocarbonyl (C=S) groups is 1. The quantitative estimate of drug-likeness (QED) is 0.615. The van der Waals surface area contributed by atoms with E-state index in [9.17, 15) is 0 Å². The fourth-order valence-corrected chi connectivity index (χ4v) is 3.48. The molecule has 0 bridgehead atoms. The van der Waals surface area contributed by atoms with E-state index in [2.05, 4.69) is 34.4 Å². The van der Waals surface area contributed by atoms with Gasteiger partial charge < -0.3 is 20.3 Å². The van der Waals surface area contributed by atoms with Crippen LogP contribution in [-0.4, -0.2) is 48.3 Å². The smallest absolute Gasteiger partial charge is 0.174 e. The summed E-state index contributed by atoms with van der Waals surface area (Å²) >= 11 is 5.32. The number of nitrogens with zero attached hydrogens (tertiary/aromatic N) is 2. The van der Waals surface area contributed by atoms with E-state index in [0.29, 0.717) is 16.7 Å². The number of hydrogen-bond donors (Lipinski definition) is 2. The Labute approximate surface area is 144 Å². The van der Waals surface area contributed by atoms with Gasteiger partial charge in [-0.1, -0.05) is 13.8 Å². The van der Waals surface area contributed by atoms with Gasteiger partial charge >= 0.3 is 0 Å². The maximum atomic E-state index is 5.32. The van der Waals surface area contributed by atoms with Gasteiger partial charge in [0.05, 0.1) is 7.11 Å². The number of aromatic nitrogens is 1. The third kappa shape index (κ3) is 5.95. The summed E-state index contributed by atoms with van der Waals surface area (Å²) in [5.74, 6) is 2.95. The molecule has 0 aliphatic carbocycles. The summed E-state index contributed by atoms with van der Waals surface area (Å²) in [6.45, 7) is 9.12. The Bertz CT molecular complexity index is 501. The van der Waals surface area contributed by atoms with Crippen molar-refractivity contribution < 1.29 is 4.74 Å². The molecule has 128 valence electrons. The standard InChI is InChI=1S/C17H28N4OS/c1-13-10-14(2)12-21(11-13)9-5-8-19-17(23)20-16-15(22-3)6-4-7-18-16/h4,6-7,13-14H,5,8-12H2,1-3H3,(H2,18,19,20,23)/t13-,14-/m1/s1. The van der Waals surface area contributed by atoms with Crippen LogP contribution in [-0.2, 0) is 0 Å². The average molecular weight is 337 g/mol. The van der Waals surface area contributed by atoms with Crippen LogP contribution in [0.25, 0.3) is 0 Å². The molecule has 0 spiro atoms. The van der Waals surface area contributed by atoms with E-state index in [1.807, 2.05) is 12.1 Å². The zero-order valence-corrected chi connectivity index (χ0v) is 15.2. The Morgan fingerprint density at radius 1 is 1.39 bits per heavy atom. The molecule has 0 saturated carbocycles. The molecule has 1 aromatic rings. The molecule has 0 aromatic carbocycles. The fraction of sp³-hybridized carbons (Fsp3) is 0.647. The maximum Gasteiger partial charge on any atom is 0.174 e. The Balaban J connectivity index is 1.67. The minimum absolute atomic E-state index is 0.586. The molecule has 1 aliphatic rings. The van der Waals surface area contributed by atoms with E-state index in [-0.39, 0.29) is 0 Å². The van der Waals surface area contributed by atoms with Gasteiger partial charge in [-0.15, -0.1) is 0 Å². The van der Waals surface area contributed by atoms with E-state index < -0.39 is 0 Å². The Morgan fingerprint density at radius 2 is 2.13 bits per heavy atom. The van der Waals surface area contributed by atoms with E-state index in [4.69, 9.17) is 17.0 Å². The molecule has 0 amide bonds. The third-order valence-corrected chi connectivity index (χ3v) is 4.35. The second-order valence-corrected chi connectivity index (χ2v) is 6.90. The summed E-state index contributed by atoms with van der Waals surface area (Å²) in [5.41, 5.74) is 0. The number of pyridine rings is 1. The van der Waals surface area contributed by atoms with Gasteiger partial charge in [-0.3, -0.25) is 0 Å². The topological polar surface area (TPSA) is 49.4 Å². The van der Waals surface area contributed by atoms with E-state index in [1.54, 1.807) is 13.3 Å². The van der Waals surface area contributed by atoms with Gasteiger partial charge in [-0.2, -0.15) is 0 Å². The lowest BCUT2D eigenvalue weighted by Crippen LogP contribution is -2.40. The minimum Gasteiger partial charge on any atom is -0.493 e. The van der Waals surface area contributed by atoms with Crippen molar-refractivity contribution in [2.75, 3.05) is 38.6 Å². The van der Waals surface area contributed by atoms with Crippen molar-refractivity contribution in [2.45, 2.75) is 26.7 Å². The molecular weight excluding hydrogens is 308 g/mol. The van der Waals surface area contributed by atoms with Crippen molar-refractivity contribution in [1.82, 2.24) is 15.2 Å². The van der Waals surface area contributed by atoms with Crippen molar-refractivity contribution in [3.8, 4) is 5.75 Å². The molecule has 0 unspecified atom stereocenters.